The summed E-state index contributed by atoms with van der Waals surface area (Å²) in [6.45, 7) is 7.80. The molecule has 4 rings (SSSR count). The molecule has 1 aliphatic heterocycles. The van der Waals surface area contributed by atoms with Gasteiger partial charge in [-0.3, -0.25) is 14.4 Å². The number of carbonyl (C=O) groups is 1. The van der Waals surface area contributed by atoms with E-state index in [1.54, 1.807) is 24.3 Å². The largest absolute Gasteiger partial charge is 0.379 e. The zero-order valence-electron chi connectivity index (χ0n) is 19.4. The first kappa shape index (κ1) is 23.9. The van der Waals surface area contributed by atoms with Crippen molar-refractivity contribution in [3.8, 4) is 0 Å². The minimum atomic E-state index is -3.74. The second kappa shape index (κ2) is 10.4. The number of hydrogen-bond acceptors (Lipinski definition) is 5. The number of nitrogens with zero attached hydrogens (tertiary/aromatic N) is 1. The smallest absolute Gasteiger partial charge is 0.261 e. The molecule has 8 heteroatoms. The fourth-order valence-electron chi connectivity index (χ4n) is 3.88. The van der Waals surface area contributed by atoms with Gasteiger partial charge in [0.25, 0.3) is 15.9 Å². The average Bonchev–Trinajstić information content (AvgIpc) is 2.82. The van der Waals surface area contributed by atoms with Gasteiger partial charge in [-0.1, -0.05) is 29.8 Å². The lowest BCUT2D eigenvalue weighted by Gasteiger charge is -2.26. The molecule has 2 N–H and O–H groups in total. The summed E-state index contributed by atoms with van der Waals surface area (Å²) in [4.78, 5) is 15.2. The highest BCUT2D eigenvalue weighted by molar-refractivity contribution is 7.92. The monoisotopic (exact) mass is 479 g/mol. The van der Waals surface area contributed by atoms with Gasteiger partial charge in [0.2, 0.25) is 0 Å². The minimum absolute atomic E-state index is 0.123. The zero-order valence-corrected chi connectivity index (χ0v) is 20.2. The molecule has 0 radical (unpaired) electrons. The van der Waals surface area contributed by atoms with Crippen molar-refractivity contribution in [1.29, 1.82) is 0 Å². The maximum atomic E-state index is 12.8. The molecule has 1 heterocycles. The Hall–Kier alpha value is -3.20. The average molecular weight is 480 g/mol. The van der Waals surface area contributed by atoms with Gasteiger partial charge in [-0.2, -0.15) is 0 Å². The van der Waals surface area contributed by atoms with Crippen LogP contribution >= 0.6 is 0 Å². The molecule has 1 fully saturated rings. The highest BCUT2D eigenvalue weighted by Gasteiger charge is 2.16. The standard InChI is InChI=1S/C26H29N3O4S/c1-19-6-11-25(20(2)16-19)28-34(31,32)24-9-7-23(8-10-24)27-26(30)22-5-3-4-21(17-22)18-29-12-14-33-15-13-29/h3-11,16-17,28H,12-15,18H2,1-2H3,(H,27,30). The Morgan fingerprint density at radius 2 is 1.71 bits per heavy atom. The van der Waals surface area contributed by atoms with Gasteiger partial charge in [-0.05, 0) is 67.4 Å². The fraction of sp³-hybridized carbons (Fsp3) is 0.269. The third-order valence-corrected chi connectivity index (χ3v) is 7.13. The van der Waals surface area contributed by atoms with Gasteiger partial charge < -0.3 is 10.1 Å². The summed E-state index contributed by atoms with van der Waals surface area (Å²) < 4.78 is 33.6. The van der Waals surface area contributed by atoms with Crippen LogP contribution in [0.15, 0.2) is 71.6 Å². The van der Waals surface area contributed by atoms with Crippen LogP contribution in [-0.4, -0.2) is 45.5 Å². The molecule has 0 atom stereocenters. The van der Waals surface area contributed by atoms with Crippen molar-refractivity contribution < 1.29 is 17.9 Å². The molecular weight excluding hydrogens is 450 g/mol. The van der Waals surface area contributed by atoms with Crippen LogP contribution < -0.4 is 10.0 Å². The van der Waals surface area contributed by atoms with Crippen LogP contribution in [0.25, 0.3) is 0 Å². The van der Waals surface area contributed by atoms with E-state index in [4.69, 9.17) is 4.74 Å². The molecule has 0 saturated carbocycles. The Labute approximate surface area is 200 Å². The second-order valence-corrected chi connectivity index (χ2v) is 10.2. The molecule has 0 aromatic heterocycles. The summed E-state index contributed by atoms with van der Waals surface area (Å²) in [7, 11) is -3.74. The van der Waals surface area contributed by atoms with Crippen molar-refractivity contribution in [2.24, 2.45) is 0 Å². The van der Waals surface area contributed by atoms with Crippen LogP contribution in [0.2, 0.25) is 0 Å². The summed E-state index contributed by atoms with van der Waals surface area (Å²) in [5, 5.41) is 2.84. The van der Waals surface area contributed by atoms with Gasteiger partial charge in [0.1, 0.15) is 0 Å². The highest BCUT2D eigenvalue weighted by Crippen LogP contribution is 2.22. The summed E-state index contributed by atoms with van der Waals surface area (Å²) >= 11 is 0. The van der Waals surface area contributed by atoms with Gasteiger partial charge in [0.05, 0.1) is 23.8 Å². The van der Waals surface area contributed by atoms with Gasteiger partial charge in [0.15, 0.2) is 0 Å². The van der Waals surface area contributed by atoms with E-state index in [0.29, 0.717) is 16.9 Å². The number of nitrogens with one attached hydrogen (secondary N) is 2. The number of sulfonamides is 1. The fourth-order valence-corrected chi connectivity index (χ4v) is 5.01. The van der Waals surface area contributed by atoms with Crippen molar-refractivity contribution >= 4 is 27.3 Å². The van der Waals surface area contributed by atoms with Gasteiger partial charge in [-0.15, -0.1) is 0 Å². The van der Waals surface area contributed by atoms with Crippen molar-refractivity contribution in [2.45, 2.75) is 25.3 Å². The summed E-state index contributed by atoms with van der Waals surface area (Å²) in [5.41, 5.74) is 4.59. The third-order valence-electron chi connectivity index (χ3n) is 5.75. The lowest BCUT2D eigenvalue weighted by molar-refractivity contribution is 0.0342. The second-order valence-electron chi connectivity index (χ2n) is 8.49. The molecule has 7 nitrogen and oxygen atoms in total. The molecule has 0 spiro atoms. The summed E-state index contributed by atoms with van der Waals surface area (Å²) in [6, 6.07) is 19.2. The number of aryl methyl sites for hydroxylation is 2. The molecule has 178 valence electrons. The molecule has 0 aliphatic carbocycles. The minimum Gasteiger partial charge on any atom is -0.379 e. The molecule has 1 saturated heterocycles. The van der Waals surface area contributed by atoms with E-state index in [1.807, 2.05) is 44.2 Å². The van der Waals surface area contributed by atoms with Crippen LogP contribution in [0.5, 0.6) is 0 Å². The Kier molecular flexibility index (Phi) is 7.31. The predicted octanol–water partition coefficient (Wildman–Crippen LogP) is 4.19. The molecule has 34 heavy (non-hydrogen) atoms. The van der Waals surface area contributed by atoms with Gasteiger partial charge in [-0.25, -0.2) is 8.42 Å². The Balaban J connectivity index is 1.41. The lowest BCUT2D eigenvalue weighted by Crippen LogP contribution is -2.35. The highest BCUT2D eigenvalue weighted by atomic mass is 32.2. The number of carbonyl (C=O) groups excluding carboxylic acids is 1. The Bertz CT molecular complexity index is 1270. The van der Waals surface area contributed by atoms with E-state index < -0.39 is 10.0 Å². The SMILES string of the molecule is Cc1ccc(NS(=O)(=O)c2ccc(NC(=O)c3cccc(CN4CCOCC4)c3)cc2)c(C)c1. The molecule has 3 aromatic carbocycles. The number of rotatable bonds is 7. The topological polar surface area (TPSA) is 87.7 Å². The molecule has 3 aromatic rings. The number of ether oxygens (including phenoxy) is 1. The number of morpholine rings is 1. The predicted molar refractivity (Wildman–Crippen MR) is 134 cm³/mol. The maximum absolute atomic E-state index is 12.8. The van der Waals surface area contributed by atoms with E-state index >= 15 is 0 Å². The molecule has 0 bridgehead atoms. The number of amides is 1. The van der Waals surface area contributed by atoms with Gasteiger partial charge >= 0.3 is 0 Å². The summed E-state index contributed by atoms with van der Waals surface area (Å²) in [6.07, 6.45) is 0. The van der Waals surface area contributed by atoms with Crippen molar-refractivity contribution in [3.05, 3.63) is 89.0 Å². The number of benzene rings is 3. The van der Waals surface area contributed by atoms with Crippen LogP contribution in [0, 0.1) is 13.8 Å². The molecule has 1 aliphatic rings. The number of hydrogen-bond donors (Lipinski definition) is 2. The summed E-state index contributed by atoms with van der Waals surface area (Å²) in [5.74, 6) is -0.243. The Morgan fingerprint density at radius 1 is 0.971 bits per heavy atom. The van der Waals surface area contributed by atoms with Crippen LogP contribution in [-0.2, 0) is 21.3 Å². The molecule has 0 unspecified atom stereocenters. The van der Waals surface area contributed by atoms with E-state index in [1.165, 1.54) is 12.1 Å². The van der Waals surface area contributed by atoms with Crippen molar-refractivity contribution in [2.75, 3.05) is 36.3 Å². The van der Waals surface area contributed by atoms with Crippen LogP contribution in [0.4, 0.5) is 11.4 Å². The van der Waals surface area contributed by atoms with E-state index in [0.717, 1.165) is 49.5 Å². The van der Waals surface area contributed by atoms with Gasteiger partial charge in [0, 0.05) is 30.9 Å². The first-order valence-electron chi connectivity index (χ1n) is 11.2. The molecular formula is C26H29N3O4S. The zero-order chi connectivity index (χ0) is 24.1. The van der Waals surface area contributed by atoms with Crippen LogP contribution in [0.1, 0.15) is 27.0 Å². The van der Waals surface area contributed by atoms with Crippen molar-refractivity contribution in [3.63, 3.8) is 0 Å². The first-order chi connectivity index (χ1) is 16.3. The normalized spacial score (nSPS) is 14.5. The van der Waals surface area contributed by atoms with Crippen LogP contribution in [0.3, 0.4) is 0 Å². The van der Waals surface area contributed by atoms with E-state index in [9.17, 15) is 13.2 Å². The van der Waals surface area contributed by atoms with Crippen molar-refractivity contribution in [1.82, 2.24) is 4.90 Å². The van der Waals surface area contributed by atoms with E-state index in [2.05, 4.69) is 14.9 Å². The number of anilines is 2. The Morgan fingerprint density at radius 3 is 2.41 bits per heavy atom. The molecule has 1 amide bonds. The lowest BCUT2D eigenvalue weighted by atomic mass is 10.1. The third kappa shape index (κ3) is 6.02. The van der Waals surface area contributed by atoms with E-state index in [-0.39, 0.29) is 10.8 Å². The maximum Gasteiger partial charge on any atom is 0.261 e. The quantitative estimate of drug-likeness (QED) is 0.531. The first-order valence-corrected chi connectivity index (χ1v) is 12.7.